The van der Waals surface area contributed by atoms with Crippen molar-refractivity contribution in [2.24, 2.45) is 0 Å². The van der Waals surface area contributed by atoms with Gasteiger partial charge in [-0.2, -0.15) is 0 Å². The summed E-state index contributed by atoms with van der Waals surface area (Å²) in [6.45, 7) is 7.58. The fourth-order valence-corrected chi connectivity index (χ4v) is 1.88. The van der Waals surface area contributed by atoms with E-state index in [1.807, 2.05) is 42.2 Å². The topological polar surface area (TPSA) is 29.5 Å². The van der Waals surface area contributed by atoms with E-state index >= 15 is 0 Å². The Kier molecular flexibility index (Phi) is 6.26. The van der Waals surface area contributed by atoms with Crippen molar-refractivity contribution < 1.29 is 9.53 Å². The molecule has 3 nitrogen and oxygen atoms in total. The van der Waals surface area contributed by atoms with Crippen LogP contribution in [0.1, 0.15) is 33.6 Å². The van der Waals surface area contributed by atoms with Crippen LogP contribution in [0.5, 0.6) is 5.75 Å². The zero-order chi connectivity index (χ0) is 13.4. The molecule has 100 valence electrons. The minimum absolute atomic E-state index is 0.0718. The number of hydrogen-bond acceptors (Lipinski definition) is 2. The summed E-state index contributed by atoms with van der Waals surface area (Å²) in [5.41, 5.74) is 0. The van der Waals surface area contributed by atoms with E-state index in [4.69, 9.17) is 4.74 Å². The first-order chi connectivity index (χ1) is 8.69. The number of benzene rings is 1. The van der Waals surface area contributed by atoms with Crippen LogP contribution in [0.15, 0.2) is 30.3 Å². The molecule has 3 heteroatoms. The molecule has 0 bridgehead atoms. The summed E-state index contributed by atoms with van der Waals surface area (Å²) in [6.07, 6.45) is 1.53. The van der Waals surface area contributed by atoms with Crippen molar-refractivity contribution in [3.05, 3.63) is 30.3 Å². The second kappa shape index (κ2) is 7.75. The van der Waals surface area contributed by atoms with Crippen molar-refractivity contribution in [3.63, 3.8) is 0 Å². The van der Waals surface area contributed by atoms with Crippen LogP contribution in [0.2, 0.25) is 0 Å². The lowest BCUT2D eigenvalue weighted by atomic mass is 10.2. The highest BCUT2D eigenvalue weighted by molar-refractivity contribution is 5.80. The molecular formula is C15H23NO2. The molecule has 0 radical (unpaired) electrons. The van der Waals surface area contributed by atoms with Crippen LogP contribution in [-0.2, 0) is 4.79 Å². The number of nitrogens with zero attached hydrogens (tertiary/aromatic N) is 1. The van der Waals surface area contributed by atoms with E-state index in [-0.39, 0.29) is 5.91 Å². The molecule has 0 N–H and O–H groups in total. The first kappa shape index (κ1) is 14.6. The summed E-state index contributed by atoms with van der Waals surface area (Å²) in [6, 6.07) is 9.48. The number of carbonyl (C=O) groups is 1. The van der Waals surface area contributed by atoms with E-state index in [1.165, 1.54) is 0 Å². The minimum atomic E-state index is -0.425. The normalized spacial score (nSPS) is 11.9. The third-order valence-electron chi connectivity index (χ3n) is 2.70. The predicted molar refractivity (Wildman–Crippen MR) is 73.7 cm³/mol. The van der Waals surface area contributed by atoms with E-state index in [0.717, 1.165) is 31.7 Å². The molecule has 1 amide bonds. The second-order valence-corrected chi connectivity index (χ2v) is 4.40. The number of rotatable bonds is 7. The van der Waals surface area contributed by atoms with Crippen LogP contribution in [0, 0.1) is 0 Å². The van der Waals surface area contributed by atoms with Gasteiger partial charge in [-0.1, -0.05) is 32.0 Å². The van der Waals surface area contributed by atoms with Crippen molar-refractivity contribution in [2.75, 3.05) is 13.1 Å². The van der Waals surface area contributed by atoms with Crippen LogP contribution in [0.3, 0.4) is 0 Å². The Balaban J connectivity index is 2.58. The molecule has 0 saturated carbocycles. The van der Waals surface area contributed by atoms with Crippen molar-refractivity contribution >= 4 is 5.91 Å². The van der Waals surface area contributed by atoms with Gasteiger partial charge in [0, 0.05) is 13.1 Å². The molecule has 1 atom stereocenters. The zero-order valence-electron chi connectivity index (χ0n) is 11.6. The molecule has 18 heavy (non-hydrogen) atoms. The largest absolute Gasteiger partial charge is 0.481 e. The number of para-hydroxylation sites is 1. The number of hydrogen-bond donors (Lipinski definition) is 0. The average molecular weight is 249 g/mol. The fourth-order valence-electron chi connectivity index (χ4n) is 1.88. The number of ether oxygens (including phenoxy) is 1. The van der Waals surface area contributed by atoms with E-state index < -0.39 is 6.10 Å². The maximum atomic E-state index is 12.2. The molecular weight excluding hydrogens is 226 g/mol. The summed E-state index contributed by atoms with van der Waals surface area (Å²) in [4.78, 5) is 14.1. The molecule has 0 heterocycles. The first-order valence-electron chi connectivity index (χ1n) is 6.69. The van der Waals surface area contributed by atoms with E-state index in [0.29, 0.717) is 0 Å². The van der Waals surface area contributed by atoms with Crippen LogP contribution >= 0.6 is 0 Å². The summed E-state index contributed by atoms with van der Waals surface area (Å²) in [7, 11) is 0. The highest BCUT2D eigenvalue weighted by Crippen LogP contribution is 2.12. The Hall–Kier alpha value is -1.51. The molecule has 0 aliphatic heterocycles. The van der Waals surface area contributed by atoms with Crippen molar-refractivity contribution in [1.29, 1.82) is 0 Å². The quantitative estimate of drug-likeness (QED) is 0.743. The molecule has 1 aromatic rings. The first-order valence-corrected chi connectivity index (χ1v) is 6.69. The Morgan fingerprint density at radius 1 is 1.17 bits per heavy atom. The maximum Gasteiger partial charge on any atom is 0.263 e. The van der Waals surface area contributed by atoms with Crippen LogP contribution in [0.25, 0.3) is 0 Å². The van der Waals surface area contributed by atoms with Crippen LogP contribution in [-0.4, -0.2) is 30.0 Å². The van der Waals surface area contributed by atoms with Gasteiger partial charge in [0.25, 0.3) is 5.91 Å². The van der Waals surface area contributed by atoms with Gasteiger partial charge in [0.15, 0.2) is 6.10 Å². The lowest BCUT2D eigenvalue weighted by Gasteiger charge is -2.25. The SMILES string of the molecule is CCCN(CCC)C(=O)C(C)Oc1ccccc1. The third-order valence-corrected chi connectivity index (χ3v) is 2.70. The molecule has 1 unspecified atom stereocenters. The van der Waals surface area contributed by atoms with E-state index in [2.05, 4.69) is 13.8 Å². The van der Waals surface area contributed by atoms with Gasteiger partial charge in [0.05, 0.1) is 0 Å². The highest BCUT2D eigenvalue weighted by atomic mass is 16.5. The maximum absolute atomic E-state index is 12.2. The van der Waals surface area contributed by atoms with Gasteiger partial charge < -0.3 is 9.64 Å². The molecule has 1 aromatic carbocycles. The Morgan fingerprint density at radius 3 is 2.22 bits per heavy atom. The molecule has 0 saturated heterocycles. The molecule has 0 aliphatic carbocycles. The monoisotopic (exact) mass is 249 g/mol. The van der Waals surface area contributed by atoms with Crippen molar-refractivity contribution in [2.45, 2.75) is 39.7 Å². The predicted octanol–water partition coefficient (Wildman–Crippen LogP) is 3.10. The Labute approximate surface area is 110 Å². The van der Waals surface area contributed by atoms with Gasteiger partial charge in [0.2, 0.25) is 0 Å². The van der Waals surface area contributed by atoms with Gasteiger partial charge in [-0.15, -0.1) is 0 Å². The smallest absolute Gasteiger partial charge is 0.263 e. The second-order valence-electron chi connectivity index (χ2n) is 4.40. The molecule has 0 aromatic heterocycles. The lowest BCUT2D eigenvalue weighted by Crippen LogP contribution is -2.41. The van der Waals surface area contributed by atoms with Gasteiger partial charge >= 0.3 is 0 Å². The van der Waals surface area contributed by atoms with Gasteiger partial charge in [0.1, 0.15) is 5.75 Å². The van der Waals surface area contributed by atoms with Crippen LogP contribution < -0.4 is 4.74 Å². The van der Waals surface area contributed by atoms with Crippen molar-refractivity contribution in [1.82, 2.24) is 4.90 Å². The fraction of sp³-hybridized carbons (Fsp3) is 0.533. The summed E-state index contributed by atoms with van der Waals surface area (Å²) >= 11 is 0. The molecule has 1 rings (SSSR count). The van der Waals surface area contributed by atoms with Gasteiger partial charge in [-0.3, -0.25) is 4.79 Å². The lowest BCUT2D eigenvalue weighted by molar-refractivity contribution is -0.138. The molecule has 0 fully saturated rings. The molecule has 0 aliphatic rings. The number of carbonyl (C=O) groups excluding carboxylic acids is 1. The Morgan fingerprint density at radius 2 is 1.72 bits per heavy atom. The zero-order valence-corrected chi connectivity index (χ0v) is 11.6. The summed E-state index contributed by atoms with van der Waals surface area (Å²) in [5.74, 6) is 0.814. The summed E-state index contributed by atoms with van der Waals surface area (Å²) < 4.78 is 5.66. The molecule has 0 spiro atoms. The van der Waals surface area contributed by atoms with Gasteiger partial charge in [-0.25, -0.2) is 0 Å². The highest BCUT2D eigenvalue weighted by Gasteiger charge is 2.20. The van der Waals surface area contributed by atoms with E-state index in [9.17, 15) is 4.79 Å². The van der Waals surface area contributed by atoms with Gasteiger partial charge in [-0.05, 0) is 31.9 Å². The third kappa shape index (κ3) is 4.40. The average Bonchev–Trinajstić information content (AvgIpc) is 2.39. The number of amides is 1. The van der Waals surface area contributed by atoms with Crippen LogP contribution in [0.4, 0.5) is 0 Å². The minimum Gasteiger partial charge on any atom is -0.481 e. The van der Waals surface area contributed by atoms with Crippen molar-refractivity contribution in [3.8, 4) is 5.75 Å². The Bertz CT molecular complexity index is 345. The van der Waals surface area contributed by atoms with E-state index in [1.54, 1.807) is 0 Å². The standard InChI is InChI=1S/C15H23NO2/c1-4-11-16(12-5-2)15(17)13(3)18-14-9-7-6-8-10-14/h6-10,13H,4-5,11-12H2,1-3H3. The summed E-state index contributed by atoms with van der Waals surface area (Å²) in [5, 5.41) is 0.